The van der Waals surface area contributed by atoms with Crippen molar-refractivity contribution in [1.82, 2.24) is 24.8 Å². The summed E-state index contributed by atoms with van der Waals surface area (Å²) in [5, 5.41) is 12.9. The number of nitrogens with one attached hydrogen (secondary N) is 1. The molecule has 6 rings (SSSR count). The van der Waals surface area contributed by atoms with Gasteiger partial charge < -0.3 is 16.2 Å². The van der Waals surface area contributed by atoms with E-state index < -0.39 is 5.97 Å². The number of aromatic carboxylic acids is 1. The average molecular weight is 491 g/mol. The summed E-state index contributed by atoms with van der Waals surface area (Å²) < 4.78 is 1.99. The highest BCUT2D eigenvalue weighted by Gasteiger charge is 2.36. The normalized spacial score (nSPS) is 14.4. The van der Waals surface area contributed by atoms with Crippen LogP contribution < -0.4 is 11.1 Å². The van der Waals surface area contributed by atoms with Gasteiger partial charge in [0.2, 0.25) is 0 Å². The van der Waals surface area contributed by atoms with Gasteiger partial charge in [0.15, 0.2) is 11.5 Å². The Kier molecular flexibility index (Phi) is 5.46. The number of fused-ring (bicyclic) bond motifs is 1. The molecule has 8 heteroatoms. The highest BCUT2D eigenvalue weighted by atomic mass is 16.4. The zero-order valence-corrected chi connectivity index (χ0v) is 20.3. The summed E-state index contributed by atoms with van der Waals surface area (Å²) in [5.41, 5.74) is 12.1. The van der Waals surface area contributed by atoms with Gasteiger partial charge in [0.25, 0.3) is 0 Å². The number of carboxylic acid groups (broad SMARTS) is 1. The molecule has 37 heavy (non-hydrogen) atoms. The van der Waals surface area contributed by atoms with Crippen LogP contribution in [-0.4, -0.2) is 37.6 Å². The first kappa shape index (κ1) is 22.9. The van der Waals surface area contributed by atoms with Crippen molar-refractivity contribution in [2.75, 3.05) is 12.8 Å². The number of hydrogen-bond donors (Lipinski definition) is 3. The lowest BCUT2D eigenvalue weighted by molar-refractivity contribution is 0.0697. The second kappa shape index (κ2) is 8.83. The second-order valence-electron chi connectivity index (χ2n) is 9.36. The number of aromatic nitrogens is 4. The SMILES string of the molecule is CNC1(c2ccc(-n3c(-c4cccnc4N)nc4ccc(-c5cccc(C(=O)O)c5)nc43)cc2)CCC1. The summed E-state index contributed by atoms with van der Waals surface area (Å²) >= 11 is 0. The molecule has 0 amide bonds. The minimum absolute atomic E-state index is 0.0344. The zero-order valence-electron chi connectivity index (χ0n) is 20.3. The largest absolute Gasteiger partial charge is 0.478 e. The molecule has 3 aromatic heterocycles. The molecule has 2 aromatic carbocycles. The Hall–Kier alpha value is -4.56. The van der Waals surface area contributed by atoms with Crippen LogP contribution in [0.15, 0.2) is 79.0 Å². The number of carboxylic acids is 1. The van der Waals surface area contributed by atoms with Crippen molar-refractivity contribution in [1.29, 1.82) is 0 Å². The van der Waals surface area contributed by atoms with Gasteiger partial charge in [-0.05, 0) is 80.4 Å². The molecule has 4 N–H and O–H groups in total. The maximum atomic E-state index is 11.5. The number of hydrogen-bond acceptors (Lipinski definition) is 6. The minimum atomic E-state index is -0.979. The van der Waals surface area contributed by atoms with E-state index >= 15 is 0 Å². The lowest BCUT2D eigenvalue weighted by Crippen LogP contribution is -2.45. The lowest BCUT2D eigenvalue weighted by Gasteiger charge is -2.42. The van der Waals surface area contributed by atoms with Crippen molar-refractivity contribution >= 4 is 23.0 Å². The molecule has 0 unspecified atom stereocenters. The van der Waals surface area contributed by atoms with Crippen LogP contribution >= 0.6 is 0 Å². The number of benzene rings is 2. The number of rotatable bonds is 6. The topological polar surface area (TPSA) is 119 Å². The number of nitrogens with two attached hydrogens (primary N) is 1. The molecule has 0 spiro atoms. The highest BCUT2D eigenvalue weighted by molar-refractivity contribution is 5.90. The highest BCUT2D eigenvalue weighted by Crippen LogP contribution is 2.41. The molecule has 5 aromatic rings. The Labute approximate surface area is 213 Å². The van der Waals surface area contributed by atoms with E-state index in [0.717, 1.165) is 18.5 Å². The van der Waals surface area contributed by atoms with Gasteiger partial charge in [0.05, 0.1) is 16.8 Å². The van der Waals surface area contributed by atoms with Crippen LogP contribution in [0.4, 0.5) is 5.82 Å². The Morgan fingerprint density at radius 3 is 2.51 bits per heavy atom. The first-order chi connectivity index (χ1) is 18.0. The van der Waals surface area contributed by atoms with Gasteiger partial charge in [-0.3, -0.25) is 4.57 Å². The number of nitrogen functional groups attached to an aromatic ring is 1. The molecule has 184 valence electrons. The monoisotopic (exact) mass is 490 g/mol. The van der Waals surface area contributed by atoms with Gasteiger partial charge in [-0.2, -0.15) is 0 Å². The Balaban J connectivity index is 1.54. The van der Waals surface area contributed by atoms with Gasteiger partial charge in [0, 0.05) is 23.0 Å². The third-order valence-electron chi connectivity index (χ3n) is 7.35. The maximum absolute atomic E-state index is 11.5. The standard InChI is InChI=1S/C29H26N6O2/c1-31-29(14-4-15-29)20-8-10-21(11-9-20)35-26(22-7-3-16-32-25(22)30)34-24-13-12-23(33-27(24)35)18-5-2-6-19(17-18)28(36)37/h2-3,5-13,16-17,31H,4,14-15H2,1H3,(H2,30,32)(H,36,37). The first-order valence-electron chi connectivity index (χ1n) is 12.2. The number of carbonyl (C=O) groups is 1. The second-order valence-corrected chi connectivity index (χ2v) is 9.36. The van der Waals surface area contributed by atoms with Gasteiger partial charge in [-0.1, -0.05) is 24.3 Å². The molecule has 3 heterocycles. The Morgan fingerprint density at radius 1 is 1.03 bits per heavy atom. The van der Waals surface area contributed by atoms with E-state index in [2.05, 4.69) is 34.6 Å². The fourth-order valence-corrected chi connectivity index (χ4v) is 5.10. The van der Waals surface area contributed by atoms with E-state index in [1.807, 2.05) is 41.9 Å². The summed E-state index contributed by atoms with van der Waals surface area (Å²) in [4.78, 5) is 25.6. The smallest absolute Gasteiger partial charge is 0.335 e. The van der Waals surface area contributed by atoms with E-state index in [0.29, 0.717) is 39.6 Å². The van der Waals surface area contributed by atoms with Crippen LogP contribution in [0.25, 0.3) is 39.5 Å². The number of imidazole rings is 1. The number of nitrogens with zero attached hydrogens (tertiary/aromatic N) is 4. The van der Waals surface area contributed by atoms with Crippen LogP contribution in [0.3, 0.4) is 0 Å². The fraction of sp³-hybridized carbons (Fsp3) is 0.172. The molecule has 0 saturated heterocycles. The summed E-state index contributed by atoms with van der Waals surface area (Å²) in [7, 11) is 2.02. The van der Waals surface area contributed by atoms with Crippen LogP contribution in [-0.2, 0) is 5.54 Å². The van der Waals surface area contributed by atoms with Crippen molar-refractivity contribution in [3.63, 3.8) is 0 Å². The quantitative estimate of drug-likeness (QED) is 0.305. The molecule has 1 aliphatic rings. The lowest BCUT2D eigenvalue weighted by atomic mass is 9.72. The molecule has 0 radical (unpaired) electrons. The molecule has 1 fully saturated rings. The fourth-order valence-electron chi connectivity index (χ4n) is 5.10. The predicted molar refractivity (Wildman–Crippen MR) is 143 cm³/mol. The Morgan fingerprint density at radius 2 is 1.84 bits per heavy atom. The first-order valence-corrected chi connectivity index (χ1v) is 12.2. The Bertz CT molecular complexity index is 1630. The summed E-state index contributed by atoms with van der Waals surface area (Å²) in [6.07, 6.45) is 5.11. The molecule has 0 aliphatic heterocycles. The summed E-state index contributed by atoms with van der Waals surface area (Å²) in [5.74, 6) is 0.0473. The summed E-state index contributed by atoms with van der Waals surface area (Å²) in [6.45, 7) is 0. The molecule has 0 atom stereocenters. The molecule has 1 aliphatic carbocycles. The van der Waals surface area contributed by atoms with E-state index in [1.54, 1.807) is 24.4 Å². The third-order valence-corrected chi connectivity index (χ3v) is 7.35. The third kappa shape index (κ3) is 3.82. The van der Waals surface area contributed by atoms with E-state index in [4.69, 9.17) is 15.7 Å². The molecular formula is C29H26N6O2. The predicted octanol–water partition coefficient (Wildman–Crippen LogP) is 5.03. The zero-order chi connectivity index (χ0) is 25.6. The van der Waals surface area contributed by atoms with Gasteiger partial charge in [-0.15, -0.1) is 0 Å². The average Bonchev–Trinajstić information content (AvgIpc) is 3.27. The van der Waals surface area contributed by atoms with Crippen LogP contribution in [0.1, 0.15) is 35.2 Å². The van der Waals surface area contributed by atoms with Crippen molar-refractivity contribution in [3.8, 4) is 28.3 Å². The van der Waals surface area contributed by atoms with E-state index in [9.17, 15) is 9.90 Å². The van der Waals surface area contributed by atoms with Gasteiger partial charge in [-0.25, -0.2) is 19.7 Å². The number of pyridine rings is 2. The van der Waals surface area contributed by atoms with Crippen molar-refractivity contribution in [2.45, 2.75) is 24.8 Å². The van der Waals surface area contributed by atoms with Crippen LogP contribution in [0.5, 0.6) is 0 Å². The molecule has 0 bridgehead atoms. The van der Waals surface area contributed by atoms with Crippen molar-refractivity contribution in [2.24, 2.45) is 0 Å². The number of anilines is 1. The molecular weight excluding hydrogens is 464 g/mol. The van der Waals surface area contributed by atoms with Gasteiger partial charge >= 0.3 is 5.97 Å². The van der Waals surface area contributed by atoms with Crippen LogP contribution in [0.2, 0.25) is 0 Å². The molecule has 1 saturated carbocycles. The summed E-state index contributed by atoms with van der Waals surface area (Å²) in [6, 6.07) is 22.8. The maximum Gasteiger partial charge on any atom is 0.335 e. The van der Waals surface area contributed by atoms with Crippen molar-refractivity contribution in [3.05, 3.63) is 90.1 Å². The van der Waals surface area contributed by atoms with Gasteiger partial charge in [0.1, 0.15) is 11.3 Å². The molecule has 8 nitrogen and oxygen atoms in total. The van der Waals surface area contributed by atoms with E-state index in [1.165, 1.54) is 12.0 Å². The van der Waals surface area contributed by atoms with Crippen LogP contribution in [0, 0.1) is 0 Å². The van der Waals surface area contributed by atoms with E-state index in [-0.39, 0.29) is 11.1 Å². The van der Waals surface area contributed by atoms with Crippen molar-refractivity contribution < 1.29 is 9.90 Å². The minimum Gasteiger partial charge on any atom is -0.478 e.